The van der Waals surface area contributed by atoms with Gasteiger partial charge in [-0.05, 0) is 11.6 Å². The van der Waals surface area contributed by atoms with Gasteiger partial charge in [0.15, 0.2) is 0 Å². The number of pyridine rings is 1. The predicted octanol–water partition coefficient (Wildman–Crippen LogP) is 0.0326. The highest BCUT2D eigenvalue weighted by atomic mass is 16.3. The molecule has 3 nitrogen and oxygen atoms in total. The maximum absolute atomic E-state index is 8.75. The van der Waals surface area contributed by atoms with E-state index in [0.717, 1.165) is 11.1 Å². The first kappa shape index (κ1) is 7.18. The summed E-state index contributed by atoms with van der Waals surface area (Å²) >= 11 is 0. The summed E-state index contributed by atoms with van der Waals surface area (Å²) < 4.78 is 0. The topological polar surface area (TPSA) is 59.1 Å². The fourth-order valence-corrected chi connectivity index (χ4v) is 0.797. The third-order valence-corrected chi connectivity index (χ3v) is 1.39. The fourth-order valence-electron chi connectivity index (χ4n) is 0.797. The number of aliphatic hydroxyl groups is 1. The van der Waals surface area contributed by atoms with Crippen molar-refractivity contribution in [1.29, 1.82) is 0 Å². The van der Waals surface area contributed by atoms with Crippen molar-refractivity contribution in [3.63, 3.8) is 0 Å². The molecule has 0 saturated carbocycles. The number of nitrogens with zero attached hydrogens (tertiary/aromatic N) is 1. The Labute approximate surface area is 59.5 Å². The van der Waals surface area contributed by atoms with E-state index >= 15 is 0 Å². The van der Waals surface area contributed by atoms with E-state index in [1.807, 2.05) is 6.07 Å². The molecular formula is C7H10N2O. The molecule has 0 atom stereocenters. The third-order valence-electron chi connectivity index (χ3n) is 1.39. The molecule has 1 aromatic rings. The highest BCUT2D eigenvalue weighted by Gasteiger charge is 1.96. The fraction of sp³-hybridized carbons (Fsp3) is 0.286. The molecule has 10 heavy (non-hydrogen) atoms. The zero-order valence-corrected chi connectivity index (χ0v) is 5.62. The van der Waals surface area contributed by atoms with Gasteiger partial charge in [0.1, 0.15) is 0 Å². The van der Waals surface area contributed by atoms with Gasteiger partial charge in [-0.15, -0.1) is 0 Å². The van der Waals surface area contributed by atoms with Crippen LogP contribution in [0.2, 0.25) is 0 Å². The molecule has 1 aromatic heterocycles. The zero-order valence-electron chi connectivity index (χ0n) is 5.62. The van der Waals surface area contributed by atoms with Crippen molar-refractivity contribution < 1.29 is 5.11 Å². The molecule has 0 fully saturated rings. The molecule has 0 saturated heterocycles. The van der Waals surface area contributed by atoms with Gasteiger partial charge in [-0.1, -0.05) is 0 Å². The first-order chi connectivity index (χ1) is 4.88. The number of nitrogens with two attached hydrogens (primary N) is 1. The van der Waals surface area contributed by atoms with E-state index in [4.69, 9.17) is 10.8 Å². The molecule has 54 valence electrons. The monoisotopic (exact) mass is 138 g/mol. The molecule has 0 amide bonds. The molecule has 0 radical (unpaired) electrons. The number of hydrogen-bond acceptors (Lipinski definition) is 3. The van der Waals surface area contributed by atoms with E-state index in [1.54, 1.807) is 12.4 Å². The maximum atomic E-state index is 8.75. The molecule has 0 bridgehead atoms. The second-order valence-electron chi connectivity index (χ2n) is 2.01. The van der Waals surface area contributed by atoms with Gasteiger partial charge in [0.2, 0.25) is 0 Å². The van der Waals surface area contributed by atoms with Crippen molar-refractivity contribution >= 4 is 0 Å². The lowest BCUT2D eigenvalue weighted by molar-refractivity contribution is 0.280. The van der Waals surface area contributed by atoms with Gasteiger partial charge in [0.25, 0.3) is 0 Å². The van der Waals surface area contributed by atoms with Crippen LogP contribution in [-0.4, -0.2) is 10.1 Å². The van der Waals surface area contributed by atoms with Crippen molar-refractivity contribution in [1.82, 2.24) is 4.98 Å². The smallest absolute Gasteiger partial charge is 0.0700 e. The van der Waals surface area contributed by atoms with Gasteiger partial charge in [0, 0.05) is 24.5 Å². The molecule has 0 aromatic carbocycles. The summed E-state index contributed by atoms with van der Waals surface area (Å²) in [7, 11) is 0. The summed E-state index contributed by atoms with van der Waals surface area (Å²) in [4.78, 5) is 3.85. The highest BCUT2D eigenvalue weighted by molar-refractivity contribution is 5.21. The van der Waals surface area contributed by atoms with Gasteiger partial charge >= 0.3 is 0 Å². The van der Waals surface area contributed by atoms with Crippen LogP contribution in [0.15, 0.2) is 18.5 Å². The standard InChI is InChI=1S/C7H10N2O/c8-3-6-1-2-9-4-7(6)5-10/h1-2,4,10H,3,5,8H2. The minimum Gasteiger partial charge on any atom is -0.392 e. The molecule has 1 rings (SSSR count). The van der Waals surface area contributed by atoms with Crippen LogP contribution >= 0.6 is 0 Å². The van der Waals surface area contributed by atoms with Crippen LogP contribution < -0.4 is 5.73 Å². The largest absolute Gasteiger partial charge is 0.392 e. The Morgan fingerprint density at radius 1 is 1.50 bits per heavy atom. The number of aliphatic hydroxyl groups excluding tert-OH is 1. The Morgan fingerprint density at radius 2 is 2.30 bits per heavy atom. The lowest BCUT2D eigenvalue weighted by atomic mass is 10.1. The number of rotatable bonds is 2. The zero-order chi connectivity index (χ0) is 7.40. The molecule has 3 N–H and O–H groups in total. The Bertz CT molecular complexity index is 190. The van der Waals surface area contributed by atoms with E-state index in [-0.39, 0.29) is 6.61 Å². The Kier molecular flexibility index (Phi) is 2.36. The van der Waals surface area contributed by atoms with E-state index in [0.29, 0.717) is 6.54 Å². The van der Waals surface area contributed by atoms with E-state index < -0.39 is 0 Å². The molecule has 0 spiro atoms. The van der Waals surface area contributed by atoms with Gasteiger partial charge in [-0.2, -0.15) is 0 Å². The number of hydrogen-bond donors (Lipinski definition) is 2. The second kappa shape index (κ2) is 3.29. The van der Waals surface area contributed by atoms with Crippen molar-refractivity contribution in [2.45, 2.75) is 13.2 Å². The van der Waals surface area contributed by atoms with E-state index in [1.165, 1.54) is 0 Å². The summed E-state index contributed by atoms with van der Waals surface area (Å²) in [6, 6.07) is 1.81. The summed E-state index contributed by atoms with van der Waals surface area (Å²) in [5.41, 5.74) is 7.15. The van der Waals surface area contributed by atoms with Crippen molar-refractivity contribution in [3.8, 4) is 0 Å². The average molecular weight is 138 g/mol. The van der Waals surface area contributed by atoms with Crippen LogP contribution in [0.3, 0.4) is 0 Å². The van der Waals surface area contributed by atoms with Gasteiger partial charge < -0.3 is 10.8 Å². The minimum atomic E-state index is 0.0143. The van der Waals surface area contributed by atoms with E-state index in [2.05, 4.69) is 4.98 Å². The van der Waals surface area contributed by atoms with Crippen molar-refractivity contribution in [3.05, 3.63) is 29.6 Å². The van der Waals surface area contributed by atoms with Crippen LogP contribution in [0.1, 0.15) is 11.1 Å². The Morgan fingerprint density at radius 3 is 2.80 bits per heavy atom. The van der Waals surface area contributed by atoms with Crippen LogP contribution in [0.4, 0.5) is 0 Å². The summed E-state index contributed by atoms with van der Waals surface area (Å²) in [5, 5.41) is 8.75. The lowest BCUT2D eigenvalue weighted by Gasteiger charge is -2.01. The number of aromatic nitrogens is 1. The Hall–Kier alpha value is -0.930. The quantitative estimate of drug-likeness (QED) is 0.606. The third kappa shape index (κ3) is 1.32. The highest BCUT2D eigenvalue weighted by Crippen LogP contribution is 2.04. The van der Waals surface area contributed by atoms with Crippen LogP contribution in [-0.2, 0) is 13.2 Å². The maximum Gasteiger partial charge on any atom is 0.0700 e. The Balaban J connectivity index is 2.96. The van der Waals surface area contributed by atoms with Gasteiger partial charge in [-0.25, -0.2) is 0 Å². The van der Waals surface area contributed by atoms with Crippen molar-refractivity contribution in [2.75, 3.05) is 0 Å². The molecule has 0 aliphatic carbocycles. The first-order valence-electron chi connectivity index (χ1n) is 3.11. The van der Waals surface area contributed by atoms with E-state index in [9.17, 15) is 0 Å². The summed E-state index contributed by atoms with van der Waals surface area (Å²) in [6.07, 6.45) is 3.30. The molecule has 0 unspecified atom stereocenters. The predicted molar refractivity (Wildman–Crippen MR) is 38.1 cm³/mol. The van der Waals surface area contributed by atoms with Crippen molar-refractivity contribution in [2.24, 2.45) is 5.73 Å². The molecule has 0 aliphatic heterocycles. The van der Waals surface area contributed by atoms with Crippen LogP contribution in [0.5, 0.6) is 0 Å². The average Bonchev–Trinajstić information content (AvgIpc) is 2.04. The first-order valence-corrected chi connectivity index (χ1v) is 3.11. The molecular weight excluding hydrogens is 128 g/mol. The molecule has 1 heterocycles. The second-order valence-corrected chi connectivity index (χ2v) is 2.01. The SMILES string of the molecule is NCc1ccncc1CO. The summed E-state index contributed by atoms with van der Waals surface area (Å²) in [5.74, 6) is 0. The van der Waals surface area contributed by atoms with Gasteiger partial charge in [0.05, 0.1) is 6.61 Å². The molecule has 0 aliphatic rings. The summed E-state index contributed by atoms with van der Waals surface area (Å²) in [6.45, 7) is 0.471. The van der Waals surface area contributed by atoms with Crippen LogP contribution in [0.25, 0.3) is 0 Å². The van der Waals surface area contributed by atoms with Gasteiger partial charge in [-0.3, -0.25) is 4.98 Å². The molecule has 3 heteroatoms. The lowest BCUT2D eigenvalue weighted by Crippen LogP contribution is -2.01. The normalized spacial score (nSPS) is 9.80. The minimum absolute atomic E-state index is 0.0143. The van der Waals surface area contributed by atoms with Crippen LogP contribution in [0, 0.1) is 0 Å².